The van der Waals surface area contributed by atoms with Crippen molar-refractivity contribution in [2.45, 2.75) is 62.2 Å². The topological polar surface area (TPSA) is 122 Å². The molecule has 9 heteroatoms. The molecule has 0 spiro atoms. The maximum Gasteiger partial charge on any atom is 0.252 e. The molecule has 1 saturated heterocycles. The van der Waals surface area contributed by atoms with Gasteiger partial charge in [-0.25, -0.2) is 8.42 Å². The second kappa shape index (κ2) is 12.8. The summed E-state index contributed by atoms with van der Waals surface area (Å²) in [6.45, 7) is 4.57. The van der Waals surface area contributed by atoms with Gasteiger partial charge in [0.2, 0.25) is 10.0 Å². The van der Waals surface area contributed by atoms with E-state index in [1.165, 1.54) is 16.4 Å². The van der Waals surface area contributed by atoms with E-state index in [9.17, 15) is 18.3 Å². The van der Waals surface area contributed by atoms with E-state index < -0.39 is 27.8 Å². The van der Waals surface area contributed by atoms with Crippen LogP contribution in [0.25, 0.3) is 0 Å². The lowest BCUT2D eigenvalue weighted by Crippen LogP contribution is -2.56. The molecule has 2 aromatic rings. The average Bonchev–Trinajstić information content (AvgIpc) is 3.39. The zero-order valence-electron chi connectivity index (χ0n) is 21.2. The number of sulfonamides is 1. The summed E-state index contributed by atoms with van der Waals surface area (Å²) in [6.07, 6.45) is 1.13. The minimum absolute atomic E-state index is 0.117. The maximum atomic E-state index is 13.5. The normalized spacial score (nSPS) is 20.7. The Morgan fingerprint density at radius 1 is 1.14 bits per heavy atom. The fourth-order valence-electron chi connectivity index (χ4n) is 4.54. The number of hydrogen-bond donors (Lipinski definition) is 3. The van der Waals surface area contributed by atoms with Crippen LogP contribution in [0.4, 0.5) is 0 Å². The van der Waals surface area contributed by atoms with Crippen molar-refractivity contribution in [2.24, 2.45) is 11.7 Å². The molecule has 1 aliphatic heterocycles. The predicted molar refractivity (Wildman–Crippen MR) is 140 cm³/mol. The van der Waals surface area contributed by atoms with Gasteiger partial charge < -0.3 is 20.9 Å². The van der Waals surface area contributed by atoms with Gasteiger partial charge in [0, 0.05) is 19.7 Å². The number of nitrogens with two attached hydrogens (primary N) is 1. The van der Waals surface area contributed by atoms with Crippen molar-refractivity contribution >= 4 is 15.9 Å². The molecule has 1 fully saturated rings. The summed E-state index contributed by atoms with van der Waals surface area (Å²) in [5, 5.41) is 14.4. The van der Waals surface area contributed by atoms with Crippen LogP contribution in [0.2, 0.25) is 0 Å². The molecule has 4 atom stereocenters. The van der Waals surface area contributed by atoms with E-state index in [1.807, 2.05) is 44.2 Å². The van der Waals surface area contributed by atoms with Gasteiger partial charge in [-0.05, 0) is 55.8 Å². The van der Waals surface area contributed by atoms with Gasteiger partial charge >= 0.3 is 0 Å². The zero-order chi connectivity index (χ0) is 26.2. The minimum Gasteiger partial charge on any atom is -0.390 e. The van der Waals surface area contributed by atoms with E-state index in [0.29, 0.717) is 32.4 Å². The van der Waals surface area contributed by atoms with Gasteiger partial charge in [-0.15, -0.1) is 0 Å². The van der Waals surface area contributed by atoms with Gasteiger partial charge in [0.25, 0.3) is 5.91 Å². The standard InChI is InChI=1S/C27H39N3O5S/c1-3-27(15-10-16-35-27)26(32)29-24(17-22-11-6-4-7-12-22)25(31)20-30(19-21(2)18-28)36(33,34)23-13-8-5-9-14-23/h4-9,11-14,21,24-25,31H,3,10,15-20,28H2,1-2H3,(H,29,32)/t21?,24-,25+,27?/m0/s1. The van der Waals surface area contributed by atoms with Crippen LogP contribution in [0.15, 0.2) is 65.6 Å². The number of nitrogens with zero attached hydrogens (tertiary/aromatic N) is 1. The van der Waals surface area contributed by atoms with Crippen LogP contribution in [-0.4, -0.2) is 67.7 Å². The number of nitrogens with one attached hydrogen (secondary N) is 1. The highest BCUT2D eigenvalue weighted by atomic mass is 32.2. The Balaban J connectivity index is 1.88. The summed E-state index contributed by atoms with van der Waals surface area (Å²) in [4.78, 5) is 13.5. The smallest absolute Gasteiger partial charge is 0.252 e. The van der Waals surface area contributed by atoms with Crippen molar-refractivity contribution in [3.05, 3.63) is 66.2 Å². The summed E-state index contributed by atoms with van der Waals surface area (Å²) < 4.78 is 34.1. The number of amides is 1. The van der Waals surface area contributed by atoms with E-state index in [0.717, 1.165) is 12.0 Å². The molecule has 36 heavy (non-hydrogen) atoms. The van der Waals surface area contributed by atoms with E-state index in [4.69, 9.17) is 10.5 Å². The fraction of sp³-hybridized carbons (Fsp3) is 0.519. The molecule has 4 N–H and O–H groups in total. The summed E-state index contributed by atoms with van der Waals surface area (Å²) >= 11 is 0. The lowest BCUT2D eigenvalue weighted by molar-refractivity contribution is -0.143. The van der Waals surface area contributed by atoms with Gasteiger partial charge in [-0.3, -0.25) is 4.79 Å². The molecular formula is C27H39N3O5S. The monoisotopic (exact) mass is 517 g/mol. The molecule has 0 saturated carbocycles. The van der Waals surface area contributed by atoms with E-state index in [1.54, 1.807) is 18.2 Å². The second-order valence-electron chi connectivity index (χ2n) is 9.61. The average molecular weight is 518 g/mol. The van der Waals surface area contributed by atoms with Crippen LogP contribution in [-0.2, 0) is 26.0 Å². The largest absolute Gasteiger partial charge is 0.390 e. The molecule has 2 aromatic carbocycles. The van der Waals surface area contributed by atoms with E-state index >= 15 is 0 Å². The molecule has 0 aliphatic carbocycles. The van der Waals surface area contributed by atoms with Crippen molar-refractivity contribution in [3.63, 3.8) is 0 Å². The molecule has 198 valence electrons. The van der Waals surface area contributed by atoms with Gasteiger partial charge in [-0.1, -0.05) is 62.4 Å². The molecule has 2 unspecified atom stereocenters. The third kappa shape index (κ3) is 6.92. The summed E-state index contributed by atoms with van der Waals surface area (Å²) in [7, 11) is -3.89. The quantitative estimate of drug-likeness (QED) is 0.375. The molecule has 0 bridgehead atoms. The molecule has 1 aliphatic rings. The van der Waals surface area contributed by atoms with Crippen molar-refractivity contribution in [2.75, 3.05) is 26.2 Å². The molecule has 0 radical (unpaired) electrons. The number of rotatable bonds is 13. The number of aliphatic hydroxyl groups is 1. The third-order valence-corrected chi connectivity index (χ3v) is 8.70. The Kier molecular flexibility index (Phi) is 10.0. The minimum atomic E-state index is -3.89. The summed E-state index contributed by atoms with van der Waals surface area (Å²) in [6, 6.07) is 17.0. The van der Waals surface area contributed by atoms with Gasteiger partial charge in [0.05, 0.1) is 17.0 Å². The molecule has 8 nitrogen and oxygen atoms in total. The Morgan fingerprint density at radius 3 is 2.33 bits per heavy atom. The van der Waals surface area contributed by atoms with Crippen LogP contribution >= 0.6 is 0 Å². The van der Waals surface area contributed by atoms with Crippen molar-refractivity contribution in [1.29, 1.82) is 0 Å². The fourth-order valence-corrected chi connectivity index (χ4v) is 6.14. The third-order valence-electron chi connectivity index (χ3n) is 6.86. The zero-order valence-corrected chi connectivity index (χ0v) is 22.0. The van der Waals surface area contributed by atoms with Crippen LogP contribution in [0.5, 0.6) is 0 Å². The maximum absolute atomic E-state index is 13.5. The SMILES string of the molecule is CCC1(C(=O)N[C@@H](Cc2ccccc2)[C@H](O)CN(CC(C)CN)S(=O)(=O)c2ccccc2)CCCO1. The highest BCUT2D eigenvalue weighted by molar-refractivity contribution is 7.89. The Labute approximate surface area is 214 Å². The van der Waals surface area contributed by atoms with Gasteiger partial charge in [0.1, 0.15) is 5.60 Å². The van der Waals surface area contributed by atoms with E-state index in [-0.39, 0.29) is 29.8 Å². The highest BCUT2D eigenvalue weighted by Crippen LogP contribution is 2.29. The van der Waals surface area contributed by atoms with Crippen LogP contribution in [0.3, 0.4) is 0 Å². The molecule has 1 heterocycles. The molecule has 3 rings (SSSR count). The van der Waals surface area contributed by atoms with Crippen LogP contribution in [0, 0.1) is 5.92 Å². The molecule has 0 aromatic heterocycles. The first-order valence-electron chi connectivity index (χ1n) is 12.6. The first-order valence-corrected chi connectivity index (χ1v) is 14.1. The van der Waals surface area contributed by atoms with Crippen molar-refractivity contribution in [1.82, 2.24) is 9.62 Å². The van der Waals surface area contributed by atoms with Crippen LogP contribution < -0.4 is 11.1 Å². The lowest BCUT2D eigenvalue weighted by Gasteiger charge is -2.33. The first-order chi connectivity index (χ1) is 17.2. The van der Waals surface area contributed by atoms with E-state index in [2.05, 4.69) is 5.32 Å². The number of hydrogen-bond acceptors (Lipinski definition) is 6. The summed E-state index contributed by atoms with van der Waals surface area (Å²) in [5.41, 5.74) is 5.81. The Bertz CT molecular complexity index is 1060. The Morgan fingerprint density at radius 2 is 1.78 bits per heavy atom. The molecular weight excluding hydrogens is 478 g/mol. The number of benzene rings is 2. The van der Waals surface area contributed by atoms with Crippen molar-refractivity contribution < 1.29 is 23.1 Å². The first kappa shape index (κ1) is 28.3. The number of carbonyl (C=O) groups is 1. The predicted octanol–water partition coefficient (Wildman–Crippen LogP) is 2.32. The van der Waals surface area contributed by atoms with Crippen molar-refractivity contribution in [3.8, 4) is 0 Å². The molecule has 1 amide bonds. The van der Waals surface area contributed by atoms with Gasteiger partial charge in [-0.2, -0.15) is 4.31 Å². The summed E-state index contributed by atoms with van der Waals surface area (Å²) in [5.74, 6) is -0.386. The lowest BCUT2D eigenvalue weighted by atomic mass is 9.93. The number of aliphatic hydroxyl groups excluding tert-OH is 1. The van der Waals surface area contributed by atoms with Gasteiger partial charge in [0.15, 0.2) is 0 Å². The number of ether oxygens (including phenoxy) is 1. The Hall–Kier alpha value is -2.30. The van der Waals surface area contributed by atoms with Crippen LogP contribution in [0.1, 0.15) is 38.7 Å². The second-order valence-corrected chi connectivity index (χ2v) is 11.6. The highest BCUT2D eigenvalue weighted by Gasteiger charge is 2.42. The number of carbonyl (C=O) groups excluding carboxylic acids is 1.